The molecule has 1 aromatic heterocycles. The third kappa shape index (κ3) is 4.44. The summed E-state index contributed by atoms with van der Waals surface area (Å²) < 4.78 is 22.2. The van der Waals surface area contributed by atoms with Crippen LogP contribution >= 0.6 is 0 Å². The molecule has 2 heterocycles. The van der Waals surface area contributed by atoms with E-state index >= 15 is 0 Å². The normalized spacial score (nSPS) is 16.7. The lowest BCUT2D eigenvalue weighted by Gasteiger charge is -2.27. The minimum absolute atomic E-state index is 0.112. The fourth-order valence-electron chi connectivity index (χ4n) is 2.96. The minimum atomic E-state index is -0.699. The van der Waals surface area contributed by atoms with Crippen LogP contribution in [0.3, 0.4) is 0 Å². The van der Waals surface area contributed by atoms with E-state index in [9.17, 15) is 9.90 Å². The maximum atomic E-state index is 11.3. The van der Waals surface area contributed by atoms with Gasteiger partial charge < -0.3 is 29.1 Å². The predicted octanol–water partition coefficient (Wildman–Crippen LogP) is 1.96. The Morgan fingerprint density at radius 1 is 1.14 bits per heavy atom. The molecule has 2 atom stereocenters. The Morgan fingerprint density at radius 2 is 1.96 bits per heavy atom. The van der Waals surface area contributed by atoms with Gasteiger partial charge in [-0.2, -0.15) is 0 Å². The summed E-state index contributed by atoms with van der Waals surface area (Å²) in [7, 11) is 0. The number of para-hydroxylation sites is 2. The van der Waals surface area contributed by atoms with Gasteiger partial charge in [-0.1, -0.05) is 12.1 Å². The number of aliphatic hydroxyl groups is 1. The van der Waals surface area contributed by atoms with Crippen LogP contribution in [0.5, 0.6) is 17.2 Å². The van der Waals surface area contributed by atoms with E-state index in [0.717, 1.165) is 16.9 Å². The number of ether oxygens (including phenoxy) is 3. The van der Waals surface area contributed by atoms with Crippen molar-refractivity contribution in [1.29, 1.82) is 0 Å². The lowest BCUT2D eigenvalue weighted by Crippen LogP contribution is -2.41. The molecule has 7 nitrogen and oxygen atoms in total. The van der Waals surface area contributed by atoms with Crippen molar-refractivity contribution in [3.05, 3.63) is 65.0 Å². The summed E-state index contributed by atoms with van der Waals surface area (Å²) >= 11 is 0. The Bertz CT molecular complexity index is 1000. The summed E-state index contributed by atoms with van der Waals surface area (Å²) in [4.78, 5) is 11.3. The van der Waals surface area contributed by atoms with Gasteiger partial charge in [0.1, 0.15) is 36.8 Å². The highest BCUT2D eigenvalue weighted by molar-refractivity contribution is 5.77. The fourth-order valence-corrected chi connectivity index (χ4v) is 2.96. The Kier molecular flexibility index (Phi) is 5.45. The summed E-state index contributed by atoms with van der Waals surface area (Å²) in [5.74, 6) is 2.01. The second kappa shape index (κ2) is 8.33. The zero-order chi connectivity index (χ0) is 19.3. The summed E-state index contributed by atoms with van der Waals surface area (Å²) in [6, 6.07) is 15.8. The van der Waals surface area contributed by atoms with Crippen molar-refractivity contribution < 1.29 is 23.7 Å². The first-order valence-electron chi connectivity index (χ1n) is 9.11. The van der Waals surface area contributed by atoms with E-state index in [1.807, 2.05) is 24.3 Å². The van der Waals surface area contributed by atoms with Crippen molar-refractivity contribution in [3.63, 3.8) is 0 Å². The fraction of sp³-hybridized carbons (Fsp3) is 0.286. The Morgan fingerprint density at radius 3 is 2.86 bits per heavy atom. The van der Waals surface area contributed by atoms with Gasteiger partial charge in [-0.05, 0) is 30.3 Å². The minimum Gasteiger partial charge on any atom is -0.491 e. The third-order valence-corrected chi connectivity index (χ3v) is 4.36. The van der Waals surface area contributed by atoms with Crippen LogP contribution in [0, 0.1) is 0 Å². The molecule has 2 N–H and O–H groups in total. The molecule has 0 amide bonds. The number of hydrogen-bond acceptors (Lipinski definition) is 7. The molecule has 3 aromatic rings. The summed E-state index contributed by atoms with van der Waals surface area (Å²) in [6.07, 6.45) is -0.818. The first-order valence-corrected chi connectivity index (χ1v) is 9.11. The van der Waals surface area contributed by atoms with E-state index in [-0.39, 0.29) is 12.7 Å². The van der Waals surface area contributed by atoms with E-state index in [4.69, 9.17) is 18.6 Å². The maximum absolute atomic E-state index is 11.3. The largest absolute Gasteiger partial charge is 0.491 e. The highest BCUT2D eigenvalue weighted by Gasteiger charge is 2.20. The van der Waals surface area contributed by atoms with E-state index in [1.165, 1.54) is 6.07 Å². The van der Waals surface area contributed by atoms with Crippen LogP contribution in [-0.2, 0) is 0 Å². The van der Waals surface area contributed by atoms with Crippen molar-refractivity contribution in [2.75, 3.05) is 26.3 Å². The number of benzene rings is 2. The molecule has 0 bridgehead atoms. The van der Waals surface area contributed by atoms with E-state index < -0.39 is 11.7 Å². The Labute approximate surface area is 161 Å². The molecule has 28 heavy (non-hydrogen) atoms. The second-order valence-electron chi connectivity index (χ2n) is 6.57. The molecule has 1 aliphatic rings. The van der Waals surface area contributed by atoms with Gasteiger partial charge in [0.2, 0.25) is 0 Å². The molecule has 0 fully saturated rings. The van der Waals surface area contributed by atoms with Gasteiger partial charge in [-0.15, -0.1) is 0 Å². The molecule has 0 aliphatic carbocycles. The molecule has 2 aromatic carbocycles. The van der Waals surface area contributed by atoms with Gasteiger partial charge in [0, 0.05) is 30.6 Å². The average Bonchev–Trinajstić information content (AvgIpc) is 2.72. The quantitative estimate of drug-likeness (QED) is 0.603. The first kappa shape index (κ1) is 18.3. The molecule has 0 saturated carbocycles. The maximum Gasteiger partial charge on any atom is 0.336 e. The number of hydrogen-bond donors (Lipinski definition) is 2. The zero-order valence-corrected chi connectivity index (χ0v) is 15.2. The van der Waals surface area contributed by atoms with Crippen LogP contribution < -0.4 is 25.2 Å². The van der Waals surface area contributed by atoms with Crippen LogP contribution in [0.4, 0.5) is 0 Å². The van der Waals surface area contributed by atoms with E-state index in [0.29, 0.717) is 31.0 Å². The molecule has 7 heteroatoms. The Balaban J connectivity index is 1.22. The van der Waals surface area contributed by atoms with Crippen LogP contribution in [0.15, 0.2) is 63.8 Å². The molecular weight excluding hydrogens is 362 g/mol. The smallest absolute Gasteiger partial charge is 0.336 e. The van der Waals surface area contributed by atoms with Crippen molar-refractivity contribution >= 4 is 11.0 Å². The highest BCUT2D eigenvalue weighted by atomic mass is 16.6. The first-order chi connectivity index (χ1) is 13.7. The summed E-state index contributed by atoms with van der Waals surface area (Å²) in [6.45, 7) is 1.47. The van der Waals surface area contributed by atoms with Crippen molar-refractivity contribution in [2.24, 2.45) is 0 Å². The van der Waals surface area contributed by atoms with Crippen LogP contribution in [-0.4, -0.2) is 43.6 Å². The molecule has 1 aliphatic heterocycles. The SMILES string of the molecule is O=c1ccc2ccc(OC[C@@H](O)CNCC3COc4ccccc4O3)cc2o1. The van der Waals surface area contributed by atoms with Gasteiger partial charge in [0.15, 0.2) is 11.5 Å². The summed E-state index contributed by atoms with van der Waals surface area (Å²) in [5.41, 5.74) is 0.0396. The second-order valence-corrected chi connectivity index (χ2v) is 6.57. The number of aliphatic hydroxyl groups excluding tert-OH is 1. The van der Waals surface area contributed by atoms with Crippen LogP contribution in [0.25, 0.3) is 11.0 Å². The molecular formula is C21H21NO6. The molecule has 1 unspecified atom stereocenters. The number of nitrogens with one attached hydrogen (secondary N) is 1. The monoisotopic (exact) mass is 383 g/mol. The van der Waals surface area contributed by atoms with Gasteiger partial charge >= 0.3 is 5.63 Å². The van der Waals surface area contributed by atoms with Gasteiger partial charge in [-0.3, -0.25) is 0 Å². The topological polar surface area (TPSA) is 90.2 Å². The summed E-state index contributed by atoms with van der Waals surface area (Å²) in [5, 5.41) is 14.1. The molecule has 0 spiro atoms. The molecule has 0 saturated heterocycles. The zero-order valence-electron chi connectivity index (χ0n) is 15.2. The van der Waals surface area contributed by atoms with Crippen molar-refractivity contribution in [2.45, 2.75) is 12.2 Å². The van der Waals surface area contributed by atoms with Crippen LogP contribution in [0.1, 0.15) is 0 Å². The standard InChI is InChI=1S/C21H21NO6/c23-15(10-22-11-17-13-26-18-3-1-2-4-19(18)27-17)12-25-16-7-5-14-6-8-21(24)28-20(14)9-16/h1-9,15,17,22-23H,10-13H2/t15-,17?/m0/s1. The van der Waals surface area contributed by atoms with Gasteiger partial charge in [-0.25, -0.2) is 4.79 Å². The van der Waals surface area contributed by atoms with E-state index in [1.54, 1.807) is 24.3 Å². The van der Waals surface area contributed by atoms with Crippen LogP contribution in [0.2, 0.25) is 0 Å². The Hall–Kier alpha value is -3.03. The average molecular weight is 383 g/mol. The van der Waals surface area contributed by atoms with E-state index in [2.05, 4.69) is 5.32 Å². The lowest BCUT2D eigenvalue weighted by molar-refractivity contribution is 0.0778. The molecule has 0 radical (unpaired) electrons. The lowest BCUT2D eigenvalue weighted by atomic mass is 10.2. The van der Waals surface area contributed by atoms with Gasteiger partial charge in [0.05, 0.1) is 0 Å². The molecule has 146 valence electrons. The predicted molar refractivity (Wildman–Crippen MR) is 103 cm³/mol. The third-order valence-electron chi connectivity index (χ3n) is 4.36. The molecule has 4 rings (SSSR count). The highest BCUT2D eigenvalue weighted by Crippen LogP contribution is 2.30. The number of rotatable bonds is 7. The van der Waals surface area contributed by atoms with Crippen molar-refractivity contribution in [3.8, 4) is 17.2 Å². The van der Waals surface area contributed by atoms with Gasteiger partial charge in [0.25, 0.3) is 0 Å². The van der Waals surface area contributed by atoms with Crippen molar-refractivity contribution in [1.82, 2.24) is 5.32 Å². The number of fused-ring (bicyclic) bond motifs is 2.